The summed E-state index contributed by atoms with van der Waals surface area (Å²) in [6.45, 7) is 1.59. The van der Waals surface area contributed by atoms with Crippen LogP contribution in [0.1, 0.15) is 15.9 Å². The average Bonchev–Trinajstić information content (AvgIpc) is 2.82. The Morgan fingerprint density at radius 1 is 1.13 bits per heavy atom. The summed E-state index contributed by atoms with van der Waals surface area (Å²) in [4.78, 5) is 38.0. The third-order valence-electron chi connectivity index (χ3n) is 4.65. The van der Waals surface area contributed by atoms with E-state index in [9.17, 15) is 19.7 Å². The highest BCUT2D eigenvalue weighted by Gasteiger charge is 2.26. The minimum atomic E-state index is -0.571. The summed E-state index contributed by atoms with van der Waals surface area (Å²) >= 11 is 3.46. The molecule has 31 heavy (non-hydrogen) atoms. The summed E-state index contributed by atoms with van der Waals surface area (Å²) in [7, 11) is 1.51. The van der Waals surface area contributed by atoms with E-state index in [4.69, 9.17) is 9.47 Å². The lowest BCUT2D eigenvalue weighted by Crippen LogP contribution is -2.44. The molecule has 1 aliphatic heterocycles. The van der Waals surface area contributed by atoms with Crippen molar-refractivity contribution in [3.63, 3.8) is 0 Å². The maximum absolute atomic E-state index is 13.3. The highest BCUT2D eigenvalue weighted by atomic mass is 79.9. The van der Waals surface area contributed by atoms with Crippen LogP contribution in [0.4, 0.5) is 5.69 Å². The molecular formula is C21H20BrN3O6. The summed E-state index contributed by atoms with van der Waals surface area (Å²) in [5.74, 6) is -0.430. The molecule has 0 radical (unpaired) electrons. The van der Waals surface area contributed by atoms with Gasteiger partial charge in [-0.1, -0.05) is 18.2 Å². The Hall–Kier alpha value is -3.24. The Morgan fingerprint density at radius 2 is 1.77 bits per heavy atom. The normalized spacial score (nSPS) is 14.5. The summed E-state index contributed by atoms with van der Waals surface area (Å²) in [6, 6.07) is 12.2. The zero-order valence-electron chi connectivity index (χ0n) is 16.7. The van der Waals surface area contributed by atoms with E-state index in [0.29, 0.717) is 42.1 Å². The molecule has 0 unspecified atom stereocenters. The number of para-hydroxylation sites is 1. The van der Waals surface area contributed by atoms with Crippen LogP contribution < -0.4 is 10.1 Å². The lowest BCUT2D eigenvalue weighted by Gasteiger charge is -2.28. The molecule has 10 heteroatoms. The van der Waals surface area contributed by atoms with Crippen LogP contribution >= 0.6 is 15.9 Å². The molecule has 162 valence electrons. The van der Waals surface area contributed by atoms with Crippen molar-refractivity contribution < 1.29 is 24.0 Å². The molecular weight excluding hydrogens is 470 g/mol. The van der Waals surface area contributed by atoms with Crippen LogP contribution in [-0.2, 0) is 9.53 Å². The Morgan fingerprint density at radius 3 is 2.39 bits per heavy atom. The molecule has 0 aliphatic carbocycles. The third-order valence-corrected chi connectivity index (χ3v) is 5.48. The number of methoxy groups -OCH3 is 1. The van der Waals surface area contributed by atoms with Crippen LogP contribution in [0.5, 0.6) is 5.75 Å². The lowest BCUT2D eigenvalue weighted by atomic mass is 10.1. The van der Waals surface area contributed by atoms with E-state index in [1.165, 1.54) is 31.4 Å². The molecule has 1 saturated heterocycles. The maximum atomic E-state index is 13.3. The molecule has 1 heterocycles. The molecule has 2 amide bonds. The highest BCUT2D eigenvalue weighted by Crippen LogP contribution is 2.32. The van der Waals surface area contributed by atoms with Gasteiger partial charge in [-0.05, 0) is 34.1 Å². The molecule has 0 bridgehead atoms. The molecule has 0 aromatic heterocycles. The number of halogens is 1. The van der Waals surface area contributed by atoms with Gasteiger partial charge in [0.15, 0.2) is 0 Å². The second kappa shape index (κ2) is 10.2. The molecule has 1 fully saturated rings. The number of hydrogen-bond acceptors (Lipinski definition) is 6. The van der Waals surface area contributed by atoms with Crippen molar-refractivity contribution in [2.75, 3.05) is 33.4 Å². The second-order valence-corrected chi connectivity index (χ2v) is 7.34. The SMILES string of the molecule is COc1ccccc1C(Br)=C(NC(=O)c1ccc([N+](=O)[O-])cc1)C(=O)N1CCOCC1. The summed E-state index contributed by atoms with van der Waals surface area (Å²) in [6.07, 6.45) is 0. The number of amides is 2. The number of benzene rings is 2. The van der Waals surface area contributed by atoms with Crippen LogP contribution in [0.25, 0.3) is 4.48 Å². The molecule has 2 aromatic rings. The molecule has 1 N–H and O–H groups in total. The van der Waals surface area contributed by atoms with Gasteiger partial charge in [0.2, 0.25) is 0 Å². The number of rotatable bonds is 6. The minimum Gasteiger partial charge on any atom is -0.496 e. The van der Waals surface area contributed by atoms with Gasteiger partial charge in [0, 0.05) is 36.3 Å². The molecule has 1 aliphatic rings. The number of nitro groups is 1. The lowest BCUT2D eigenvalue weighted by molar-refractivity contribution is -0.384. The predicted molar refractivity (Wildman–Crippen MR) is 117 cm³/mol. The molecule has 0 atom stereocenters. The fourth-order valence-corrected chi connectivity index (χ4v) is 3.60. The predicted octanol–water partition coefficient (Wildman–Crippen LogP) is 2.96. The van der Waals surface area contributed by atoms with Crippen LogP contribution in [0.2, 0.25) is 0 Å². The largest absolute Gasteiger partial charge is 0.496 e. The van der Waals surface area contributed by atoms with Crippen molar-refractivity contribution in [3.8, 4) is 5.75 Å². The number of carbonyl (C=O) groups is 2. The van der Waals surface area contributed by atoms with Crippen molar-refractivity contribution in [1.29, 1.82) is 0 Å². The van der Waals surface area contributed by atoms with Crippen LogP contribution in [-0.4, -0.2) is 55.1 Å². The van der Waals surface area contributed by atoms with Crippen LogP contribution in [0.15, 0.2) is 54.2 Å². The van der Waals surface area contributed by atoms with Crippen molar-refractivity contribution in [2.45, 2.75) is 0 Å². The molecule has 9 nitrogen and oxygen atoms in total. The number of nitro benzene ring substituents is 1. The third kappa shape index (κ3) is 5.28. The number of nitrogens with zero attached hydrogens (tertiary/aromatic N) is 2. The molecule has 0 spiro atoms. The van der Waals surface area contributed by atoms with E-state index >= 15 is 0 Å². The number of non-ortho nitro benzene ring substituents is 1. The van der Waals surface area contributed by atoms with Gasteiger partial charge >= 0.3 is 0 Å². The first-order valence-corrected chi connectivity index (χ1v) is 10.2. The second-order valence-electron chi connectivity index (χ2n) is 6.55. The van der Waals surface area contributed by atoms with Gasteiger partial charge in [-0.2, -0.15) is 0 Å². The van der Waals surface area contributed by atoms with E-state index in [1.807, 2.05) is 0 Å². The van der Waals surface area contributed by atoms with Gasteiger partial charge in [0.1, 0.15) is 11.4 Å². The molecule has 3 rings (SSSR count). The van der Waals surface area contributed by atoms with Crippen molar-refractivity contribution >= 4 is 37.9 Å². The van der Waals surface area contributed by atoms with Gasteiger partial charge in [0.05, 0.1) is 29.7 Å². The van der Waals surface area contributed by atoms with Gasteiger partial charge in [-0.15, -0.1) is 0 Å². The van der Waals surface area contributed by atoms with Crippen molar-refractivity contribution in [2.24, 2.45) is 0 Å². The first-order chi connectivity index (χ1) is 14.9. The van der Waals surface area contributed by atoms with Gasteiger partial charge in [-0.3, -0.25) is 19.7 Å². The number of ether oxygens (including phenoxy) is 2. The number of morpholine rings is 1. The monoisotopic (exact) mass is 489 g/mol. The number of hydrogen-bond donors (Lipinski definition) is 1. The number of carbonyl (C=O) groups excluding carboxylic acids is 2. The maximum Gasteiger partial charge on any atom is 0.271 e. The quantitative estimate of drug-likeness (QED) is 0.379. The number of nitrogens with one attached hydrogen (secondary N) is 1. The van der Waals surface area contributed by atoms with Crippen LogP contribution in [0, 0.1) is 10.1 Å². The summed E-state index contributed by atoms with van der Waals surface area (Å²) < 4.78 is 11.0. The highest BCUT2D eigenvalue weighted by molar-refractivity contribution is 9.15. The first kappa shape index (κ1) is 22.4. The van der Waals surface area contributed by atoms with E-state index in [0.717, 1.165) is 0 Å². The Balaban J connectivity index is 1.98. The van der Waals surface area contributed by atoms with Crippen molar-refractivity contribution in [3.05, 3.63) is 75.5 Å². The Kier molecular flexibility index (Phi) is 7.37. The van der Waals surface area contributed by atoms with E-state index < -0.39 is 10.8 Å². The van der Waals surface area contributed by atoms with Gasteiger partial charge < -0.3 is 19.7 Å². The smallest absolute Gasteiger partial charge is 0.271 e. The minimum absolute atomic E-state index is 0.0368. The zero-order chi connectivity index (χ0) is 22.4. The fraction of sp³-hybridized carbons (Fsp3) is 0.238. The van der Waals surface area contributed by atoms with Gasteiger partial charge in [-0.25, -0.2) is 0 Å². The average molecular weight is 490 g/mol. The molecule has 0 saturated carbocycles. The fourth-order valence-electron chi connectivity index (χ4n) is 3.01. The zero-order valence-corrected chi connectivity index (χ0v) is 18.3. The molecule has 2 aromatic carbocycles. The summed E-state index contributed by atoms with van der Waals surface area (Å²) in [5, 5.41) is 13.5. The Bertz CT molecular complexity index is 1020. The van der Waals surface area contributed by atoms with Crippen molar-refractivity contribution in [1.82, 2.24) is 10.2 Å². The van der Waals surface area contributed by atoms with E-state index in [2.05, 4.69) is 21.2 Å². The standard InChI is InChI=1S/C21H20BrN3O6/c1-30-17-5-3-2-4-16(17)18(22)19(21(27)24-10-12-31-13-11-24)23-20(26)14-6-8-15(9-7-14)25(28)29/h2-9H,10-13H2,1H3,(H,23,26). The first-order valence-electron chi connectivity index (χ1n) is 9.38. The van der Waals surface area contributed by atoms with Gasteiger partial charge in [0.25, 0.3) is 17.5 Å². The Labute approximate surface area is 186 Å². The topological polar surface area (TPSA) is 111 Å². The van der Waals surface area contributed by atoms with E-state index in [1.54, 1.807) is 29.2 Å². The summed E-state index contributed by atoms with van der Waals surface area (Å²) in [5.41, 5.74) is 0.672. The van der Waals surface area contributed by atoms with Crippen LogP contribution in [0.3, 0.4) is 0 Å². The van der Waals surface area contributed by atoms with E-state index in [-0.39, 0.29) is 22.9 Å².